The predicted molar refractivity (Wildman–Crippen MR) is 87.5 cm³/mol. The Bertz CT molecular complexity index is 770. The minimum atomic E-state index is -1.08. The van der Waals surface area contributed by atoms with Crippen molar-refractivity contribution < 1.29 is 37.3 Å². The van der Waals surface area contributed by atoms with Gasteiger partial charge in [-0.2, -0.15) is 0 Å². The standard InChI is InChI=1S/C18H21F2NO6/c1-17(2)24-11-12(25-17)14-16(27-18(3,4)26-14)23-13(11)15(22)21-8-5-6-9(19)10(20)7-8/h5-7,11-14,16H,1-4H3,(H,21,22)/t11-,12+,13+,14-,16-/m1/s1. The number of nitrogens with one attached hydrogen (secondary N) is 1. The van der Waals surface area contributed by atoms with Crippen molar-refractivity contribution in [2.45, 2.75) is 70.0 Å². The summed E-state index contributed by atoms with van der Waals surface area (Å²) in [5, 5.41) is 2.52. The molecule has 1 aromatic carbocycles. The van der Waals surface area contributed by atoms with Gasteiger partial charge in [-0.05, 0) is 39.8 Å². The van der Waals surface area contributed by atoms with E-state index in [-0.39, 0.29) is 5.69 Å². The summed E-state index contributed by atoms with van der Waals surface area (Å²) >= 11 is 0. The van der Waals surface area contributed by atoms with Crippen LogP contribution in [0.4, 0.5) is 14.5 Å². The SMILES string of the molecule is CC1(C)O[C@H]2[C@@H](O1)[C@@H](C(=O)Nc1ccc(F)c(F)c1)O[C@@H]1OC(C)(C)O[C@@H]12. The molecular weight excluding hydrogens is 364 g/mol. The third-order valence-corrected chi connectivity index (χ3v) is 4.60. The van der Waals surface area contributed by atoms with Crippen LogP contribution in [0.1, 0.15) is 27.7 Å². The summed E-state index contributed by atoms with van der Waals surface area (Å²) in [4.78, 5) is 12.8. The first-order valence-electron chi connectivity index (χ1n) is 8.67. The molecule has 3 aliphatic rings. The Morgan fingerprint density at radius 3 is 2.26 bits per heavy atom. The van der Waals surface area contributed by atoms with Gasteiger partial charge in [0.15, 0.2) is 35.6 Å². The van der Waals surface area contributed by atoms with Gasteiger partial charge in [-0.1, -0.05) is 0 Å². The second-order valence-corrected chi connectivity index (χ2v) is 7.71. The Labute approximate surface area is 154 Å². The molecule has 0 unspecified atom stereocenters. The summed E-state index contributed by atoms with van der Waals surface area (Å²) in [5.41, 5.74) is 0.100. The van der Waals surface area contributed by atoms with Crippen molar-refractivity contribution in [3.8, 4) is 0 Å². The molecule has 0 bridgehead atoms. The number of rotatable bonds is 2. The van der Waals surface area contributed by atoms with Gasteiger partial charge in [-0.25, -0.2) is 8.78 Å². The molecule has 0 aliphatic carbocycles. The Kier molecular flexibility index (Phi) is 4.28. The van der Waals surface area contributed by atoms with Gasteiger partial charge in [0.25, 0.3) is 5.91 Å². The van der Waals surface area contributed by atoms with Gasteiger partial charge in [0.05, 0.1) is 0 Å². The molecule has 0 saturated carbocycles. The molecular formula is C18H21F2NO6. The smallest absolute Gasteiger partial charge is 0.256 e. The summed E-state index contributed by atoms with van der Waals surface area (Å²) in [7, 11) is 0. The zero-order chi connectivity index (χ0) is 19.6. The average Bonchev–Trinajstić information content (AvgIpc) is 3.04. The highest BCUT2D eigenvalue weighted by atomic mass is 19.2. The molecule has 3 saturated heterocycles. The van der Waals surface area contributed by atoms with Crippen LogP contribution in [0.15, 0.2) is 18.2 Å². The fourth-order valence-corrected chi connectivity index (χ4v) is 3.61. The molecule has 3 aliphatic heterocycles. The highest BCUT2D eigenvalue weighted by Crippen LogP contribution is 2.44. The van der Waals surface area contributed by atoms with Crippen LogP contribution in [0.3, 0.4) is 0 Å². The number of benzene rings is 1. The number of halogens is 2. The maximum absolute atomic E-state index is 13.4. The number of carbonyl (C=O) groups is 1. The van der Waals surface area contributed by atoms with Crippen molar-refractivity contribution in [3.05, 3.63) is 29.8 Å². The first kappa shape index (κ1) is 18.7. The van der Waals surface area contributed by atoms with Crippen LogP contribution >= 0.6 is 0 Å². The molecule has 4 rings (SSSR count). The van der Waals surface area contributed by atoms with Crippen molar-refractivity contribution >= 4 is 11.6 Å². The first-order chi connectivity index (χ1) is 12.5. The minimum absolute atomic E-state index is 0.100. The lowest BCUT2D eigenvalue weighted by atomic mass is 9.98. The minimum Gasteiger partial charge on any atom is -0.342 e. The number of hydrogen-bond donors (Lipinski definition) is 1. The van der Waals surface area contributed by atoms with E-state index < -0.39 is 59.8 Å². The van der Waals surface area contributed by atoms with Crippen molar-refractivity contribution in [1.82, 2.24) is 0 Å². The van der Waals surface area contributed by atoms with Gasteiger partial charge in [0, 0.05) is 11.8 Å². The summed E-state index contributed by atoms with van der Waals surface area (Å²) < 4.78 is 55.7. The molecule has 7 nitrogen and oxygen atoms in total. The van der Waals surface area contributed by atoms with E-state index in [1.54, 1.807) is 27.7 Å². The maximum atomic E-state index is 13.4. The lowest BCUT2D eigenvalue weighted by Crippen LogP contribution is -2.58. The number of fused-ring (bicyclic) bond motifs is 3. The van der Waals surface area contributed by atoms with Crippen LogP contribution < -0.4 is 5.32 Å². The average molecular weight is 385 g/mol. The summed E-state index contributed by atoms with van der Waals surface area (Å²) in [6.45, 7) is 6.93. The lowest BCUT2D eigenvalue weighted by Gasteiger charge is -2.36. The molecule has 3 fully saturated rings. The molecule has 3 heterocycles. The van der Waals surface area contributed by atoms with Crippen molar-refractivity contribution in [1.29, 1.82) is 0 Å². The molecule has 27 heavy (non-hydrogen) atoms. The molecule has 0 spiro atoms. The number of anilines is 1. The molecule has 1 amide bonds. The van der Waals surface area contributed by atoms with Gasteiger partial charge in [-0.15, -0.1) is 0 Å². The number of amides is 1. The Balaban J connectivity index is 1.57. The zero-order valence-corrected chi connectivity index (χ0v) is 15.3. The molecule has 148 valence electrons. The third kappa shape index (κ3) is 3.45. The van der Waals surface area contributed by atoms with Crippen molar-refractivity contribution in [2.75, 3.05) is 5.32 Å². The van der Waals surface area contributed by atoms with Gasteiger partial charge in [0.1, 0.15) is 18.3 Å². The van der Waals surface area contributed by atoms with Crippen LogP contribution in [0.2, 0.25) is 0 Å². The summed E-state index contributed by atoms with van der Waals surface area (Å²) in [6.07, 6.45) is -3.78. The predicted octanol–water partition coefficient (Wildman–Crippen LogP) is 2.30. The molecule has 1 N–H and O–H groups in total. The Hall–Kier alpha value is -1.65. The second kappa shape index (κ2) is 6.18. The molecule has 1 aromatic rings. The zero-order valence-electron chi connectivity index (χ0n) is 15.3. The normalized spacial score (nSPS) is 36.1. The molecule has 0 aromatic heterocycles. The highest BCUT2D eigenvalue weighted by Gasteiger charge is 2.62. The third-order valence-electron chi connectivity index (χ3n) is 4.60. The summed E-state index contributed by atoms with van der Waals surface area (Å²) in [5.74, 6) is -4.49. The van der Waals surface area contributed by atoms with E-state index in [9.17, 15) is 13.6 Å². The fraction of sp³-hybridized carbons (Fsp3) is 0.611. The van der Waals surface area contributed by atoms with E-state index in [2.05, 4.69) is 5.32 Å². The van der Waals surface area contributed by atoms with Gasteiger partial charge < -0.3 is 29.0 Å². The first-order valence-corrected chi connectivity index (χ1v) is 8.67. The highest BCUT2D eigenvalue weighted by molar-refractivity contribution is 5.94. The van der Waals surface area contributed by atoms with Gasteiger partial charge in [0.2, 0.25) is 0 Å². The molecule has 5 atom stereocenters. The quantitative estimate of drug-likeness (QED) is 0.842. The van der Waals surface area contributed by atoms with Gasteiger partial charge >= 0.3 is 0 Å². The van der Waals surface area contributed by atoms with E-state index in [0.717, 1.165) is 12.1 Å². The van der Waals surface area contributed by atoms with Crippen LogP contribution in [-0.4, -0.2) is 48.2 Å². The Morgan fingerprint density at radius 2 is 1.56 bits per heavy atom. The molecule has 0 radical (unpaired) electrons. The van der Waals surface area contributed by atoms with E-state index in [4.69, 9.17) is 23.7 Å². The topological polar surface area (TPSA) is 75.3 Å². The van der Waals surface area contributed by atoms with Crippen LogP contribution in [-0.2, 0) is 28.5 Å². The van der Waals surface area contributed by atoms with E-state index in [0.29, 0.717) is 0 Å². The van der Waals surface area contributed by atoms with E-state index >= 15 is 0 Å². The van der Waals surface area contributed by atoms with E-state index in [1.165, 1.54) is 6.07 Å². The maximum Gasteiger partial charge on any atom is 0.256 e. The monoisotopic (exact) mass is 385 g/mol. The van der Waals surface area contributed by atoms with E-state index in [1.807, 2.05) is 0 Å². The lowest BCUT2D eigenvalue weighted by molar-refractivity contribution is -0.229. The van der Waals surface area contributed by atoms with Crippen LogP contribution in [0, 0.1) is 11.6 Å². The molecule has 9 heteroatoms. The van der Waals surface area contributed by atoms with Crippen LogP contribution in [0.25, 0.3) is 0 Å². The second-order valence-electron chi connectivity index (χ2n) is 7.71. The number of hydrogen-bond acceptors (Lipinski definition) is 6. The van der Waals surface area contributed by atoms with Crippen molar-refractivity contribution in [2.24, 2.45) is 0 Å². The number of carbonyl (C=O) groups excluding carboxylic acids is 1. The fourth-order valence-electron chi connectivity index (χ4n) is 3.61. The van der Waals surface area contributed by atoms with Gasteiger partial charge in [-0.3, -0.25) is 4.79 Å². The largest absolute Gasteiger partial charge is 0.342 e. The van der Waals surface area contributed by atoms with Crippen molar-refractivity contribution in [3.63, 3.8) is 0 Å². The Morgan fingerprint density at radius 1 is 0.926 bits per heavy atom. The van der Waals surface area contributed by atoms with Crippen LogP contribution in [0.5, 0.6) is 0 Å². The number of ether oxygens (including phenoxy) is 5. The summed E-state index contributed by atoms with van der Waals surface area (Å²) in [6, 6.07) is 3.08.